The van der Waals surface area contributed by atoms with E-state index in [0.29, 0.717) is 31.5 Å². The molecule has 0 unspecified atom stereocenters. The molecule has 0 fully saturated rings. The standard InChI is InChI=1S/C21H27NO4/c1-13(2)11-25-16-6-5-15-9-18(26-12-14(3)4)21(17(15)10-16)22-19(23)7-8-20(22)24/h5-8,10,13-14,18,21H,9,11-12H2,1-4H3/t18-,21-/m0/s1. The lowest BCUT2D eigenvalue weighted by Gasteiger charge is -2.29. The monoisotopic (exact) mass is 357 g/mol. The van der Waals surface area contributed by atoms with Crippen molar-refractivity contribution in [1.82, 2.24) is 4.90 Å². The molecule has 1 aliphatic heterocycles. The summed E-state index contributed by atoms with van der Waals surface area (Å²) in [6.07, 6.45) is 3.13. The first kappa shape index (κ1) is 18.6. The number of imide groups is 1. The summed E-state index contributed by atoms with van der Waals surface area (Å²) in [6, 6.07) is 5.53. The van der Waals surface area contributed by atoms with Crippen LogP contribution in [-0.2, 0) is 20.7 Å². The van der Waals surface area contributed by atoms with Crippen LogP contribution in [0.1, 0.15) is 44.9 Å². The summed E-state index contributed by atoms with van der Waals surface area (Å²) >= 11 is 0. The zero-order valence-electron chi connectivity index (χ0n) is 15.9. The Hall–Kier alpha value is -2.14. The van der Waals surface area contributed by atoms with Crippen molar-refractivity contribution in [1.29, 1.82) is 0 Å². The highest BCUT2D eigenvalue weighted by atomic mass is 16.5. The lowest BCUT2D eigenvalue weighted by Crippen LogP contribution is -2.40. The molecule has 1 heterocycles. The summed E-state index contributed by atoms with van der Waals surface area (Å²) < 4.78 is 11.9. The minimum Gasteiger partial charge on any atom is -0.493 e. The molecule has 2 aliphatic rings. The van der Waals surface area contributed by atoms with Gasteiger partial charge in [0, 0.05) is 25.2 Å². The van der Waals surface area contributed by atoms with Crippen molar-refractivity contribution < 1.29 is 19.1 Å². The average Bonchev–Trinajstić information content (AvgIpc) is 3.10. The molecule has 1 aliphatic carbocycles. The van der Waals surface area contributed by atoms with Gasteiger partial charge in [-0.1, -0.05) is 33.8 Å². The molecule has 0 saturated heterocycles. The Kier molecular flexibility index (Phi) is 5.47. The number of fused-ring (bicyclic) bond motifs is 1. The Bertz CT molecular complexity index is 705. The van der Waals surface area contributed by atoms with Gasteiger partial charge in [-0.2, -0.15) is 0 Å². The number of carbonyl (C=O) groups is 2. The quantitative estimate of drug-likeness (QED) is 0.703. The van der Waals surface area contributed by atoms with Gasteiger partial charge in [-0.3, -0.25) is 14.5 Å². The fraction of sp³-hybridized carbons (Fsp3) is 0.524. The van der Waals surface area contributed by atoms with Gasteiger partial charge in [-0.15, -0.1) is 0 Å². The molecule has 0 saturated carbocycles. The molecule has 1 aromatic rings. The number of carbonyl (C=O) groups excluding carboxylic acids is 2. The van der Waals surface area contributed by atoms with Crippen molar-refractivity contribution in [3.63, 3.8) is 0 Å². The summed E-state index contributed by atoms with van der Waals surface area (Å²) in [5, 5.41) is 0. The summed E-state index contributed by atoms with van der Waals surface area (Å²) in [5.74, 6) is 1.01. The summed E-state index contributed by atoms with van der Waals surface area (Å²) in [4.78, 5) is 25.9. The van der Waals surface area contributed by atoms with Crippen LogP contribution in [0.4, 0.5) is 0 Å². The van der Waals surface area contributed by atoms with Crippen molar-refractivity contribution in [2.45, 2.75) is 46.3 Å². The van der Waals surface area contributed by atoms with E-state index in [1.165, 1.54) is 17.1 Å². The van der Waals surface area contributed by atoms with Gasteiger partial charge >= 0.3 is 0 Å². The van der Waals surface area contributed by atoms with E-state index in [0.717, 1.165) is 16.9 Å². The Balaban J connectivity index is 1.90. The first-order valence-electron chi connectivity index (χ1n) is 9.29. The number of nitrogens with zero attached hydrogens (tertiary/aromatic N) is 1. The van der Waals surface area contributed by atoms with Crippen LogP contribution in [-0.4, -0.2) is 36.0 Å². The van der Waals surface area contributed by atoms with Crippen molar-refractivity contribution in [2.24, 2.45) is 11.8 Å². The van der Waals surface area contributed by atoms with Gasteiger partial charge in [-0.25, -0.2) is 0 Å². The van der Waals surface area contributed by atoms with Crippen LogP contribution < -0.4 is 4.74 Å². The van der Waals surface area contributed by atoms with Gasteiger partial charge < -0.3 is 9.47 Å². The average molecular weight is 357 g/mol. The van der Waals surface area contributed by atoms with E-state index in [9.17, 15) is 9.59 Å². The Morgan fingerprint density at radius 3 is 2.31 bits per heavy atom. The zero-order valence-corrected chi connectivity index (χ0v) is 15.9. The number of rotatable bonds is 7. The molecule has 5 nitrogen and oxygen atoms in total. The Morgan fingerprint density at radius 2 is 1.69 bits per heavy atom. The maximum atomic E-state index is 12.3. The molecule has 0 N–H and O–H groups in total. The molecule has 0 spiro atoms. The predicted octanol–water partition coefficient (Wildman–Crippen LogP) is 3.28. The fourth-order valence-corrected chi connectivity index (χ4v) is 3.37. The van der Waals surface area contributed by atoms with Crippen molar-refractivity contribution in [3.05, 3.63) is 41.5 Å². The molecule has 3 rings (SSSR count). The lowest BCUT2D eigenvalue weighted by molar-refractivity contribution is -0.143. The predicted molar refractivity (Wildman–Crippen MR) is 98.8 cm³/mol. The molecule has 1 aromatic carbocycles. The molecular formula is C21H27NO4. The minimum atomic E-state index is -0.402. The molecule has 2 amide bonds. The van der Waals surface area contributed by atoms with E-state index in [1.807, 2.05) is 18.2 Å². The molecule has 140 valence electrons. The van der Waals surface area contributed by atoms with Gasteiger partial charge in [-0.05, 0) is 35.1 Å². The highest BCUT2D eigenvalue weighted by Crippen LogP contribution is 2.41. The third-order valence-corrected chi connectivity index (χ3v) is 4.56. The van der Waals surface area contributed by atoms with Crippen LogP contribution in [0.2, 0.25) is 0 Å². The van der Waals surface area contributed by atoms with Crippen LogP contribution >= 0.6 is 0 Å². The molecule has 0 aromatic heterocycles. The number of amides is 2. The second-order valence-corrected chi connectivity index (χ2v) is 7.86. The number of hydrogen-bond acceptors (Lipinski definition) is 4. The van der Waals surface area contributed by atoms with Gasteiger partial charge in [0.05, 0.1) is 18.8 Å². The molecule has 26 heavy (non-hydrogen) atoms. The van der Waals surface area contributed by atoms with Gasteiger partial charge in [0.1, 0.15) is 5.75 Å². The summed E-state index contributed by atoms with van der Waals surface area (Å²) in [7, 11) is 0. The third kappa shape index (κ3) is 3.83. The highest BCUT2D eigenvalue weighted by molar-refractivity contribution is 6.13. The molecule has 5 heteroatoms. The fourth-order valence-electron chi connectivity index (χ4n) is 3.37. The normalized spacial score (nSPS) is 22.0. The van der Waals surface area contributed by atoms with Crippen LogP contribution in [0.25, 0.3) is 0 Å². The van der Waals surface area contributed by atoms with E-state index in [4.69, 9.17) is 9.47 Å². The zero-order chi connectivity index (χ0) is 18.8. The van der Waals surface area contributed by atoms with Crippen LogP contribution in [0, 0.1) is 11.8 Å². The van der Waals surface area contributed by atoms with Crippen LogP contribution in [0.3, 0.4) is 0 Å². The maximum absolute atomic E-state index is 12.3. The molecule has 0 bridgehead atoms. The number of hydrogen-bond donors (Lipinski definition) is 0. The maximum Gasteiger partial charge on any atom is 0.254 e. The van der Waals surface area contributed by atoms with Crippen molar-refractivity contribution in [3.8, 4) is 5.75 Å². The largest absolute Gasteiger partial charge is 0.493 e. The summed E-state index contributed by atoms with van der Waals surface area (Å²) in [5.41, 5.74) is 2.05. The van der Waals surface area contributed by atoms with Crippen LogP contribution in [0.15, 0.2) is 30.4 Å². The van der Waals surface area contributed by atoms with Crippen molar-refractivity contribution >= 4 is 11.8 Å². The highest BCUT2D eigenvalue weighted by Gasteiger charge is 2.43. The number of benzene rings is 1. The first-order chi connectivity index (χ1) is 12.4. The smallest absolute Gasteiger partial charge is 0.254 e. The Morgan fingerprint density at radius 1 is 1.04 bits per heavy atom. The second kappa shape index (κ2) is 7.62. The van der Waals surface area contributed by atoms with Crippen LogP contribution in [0.5, 0.6) is 5.75 Å². The summed E-state index contributed by atoms with van der Waals surface area (Å²) in [6.45, 7) is 9.58. The minimum absolute atomic E-state index is 0.222. The van der Waals surface area contributed by atoms with Gasteiger partial charge in [0.15, 0.2) is 0 Å². The first-order valence-corrected chi connectivity index (χ1v) is 9.29. The van der Waals surface area contributed by atoms with E-state index in [-0.39, 0.29) is 17.9 Å². The van der Waals surface area contributed by atoms with E-state index in [1.54, 1.807) is 0 Å². The topological polar surface area (TPSA) is 55.8 Å². The third-order valence-electron chi connectivity index (χ3n) is 4.56. The van der Waals surface area contributed by atoms with Gasteiger partial charge in [0.2, 0.25) is 0 Å². The van der Waals surface area contributed by atoms with Crippen molar-refractivity contribution in [2.75, 3.05) is 13.2 Å². The van der Waals surface area contributed by atoms with E-state index < -0.39 is 6.04 Å². The van der Waals surface area contributed by atoms with E-state index >= 15 is 0 Å². The van der Waals surface area contributed by atoms with Gasteiger partial charge in [0.25, 0.3) is 11.8 Å². The molecule has 2 atom stereocenters. The second-order valence-electron chi connectivity index (χ2n) is 7.86. The lowest BCUT2D eigenvalue weighted by atomic mass is 10.1. The SMILES string of the molecule is CC(C)COc1ccc2c(c1)[C@H](N1C(=O)C=CC1=O)[C@@H](OCC(C)C)C2. The number of ether oxygens (including phenoxy) is 2. The van der Waals surface area contributed by atoms with E-state index in [2.05, 4.69) is 27.7 Å². The molecular weight excluding hydrogens is 330 g/mol. The Labute approximate surface area is 155 Å². The molecule has 0 radical (unpaired) electrons.